The molecule has 2 rings (SSSR count). The van der Waals surface area contributed by atoms with Crippen molar-refractivity contribution in [1.29, 1.82) is 0 Å². The van der Waals surface area contributed by atoms with Crippen molar-refractivity contribution in [3.8, 4) is 17.2 Å². The second kappa shape index (κ2) is 9.70. The molecule has 0 aliphatic rings. The molecular weight excluding hydrogens is 330 g/mol. The lowest BCUT2D eigenvalue weighted by molar-refractivity contribution is -0.121. The number of carbonyl (C=O) groups is 1. The van der Waals surface area contributed by atoms with Crippen molar-refractivity contribution in [3.05, 3.63) is 53.6 Å². The third kappa shape index (κ3) is 5.69. The lowest BCUT2D eigenvalue weighted by atomic mass is 10.1. The molecule has 2 aromatic rings. The highest BCUT2D eigenvalue weighted by Gasteiger charge is 2.10. The second-order valence-corrected chi connectivity index (χ2v) is 6.23. The Morgan fingerprint density at radius 3 is 2.46 bits per heavy atom. The highest BCUT2D eigenvalue weighted by atomic mass is 16.5. The van der Waals surface area contributed by atoms with Gasteiger partial charge in [-0.15, -0.1) is 0 Å². The average Bonchev–Trinajstić information content (AvgIpc) is 2.65. The summed E-state index contributed by atoms with van der Waals surface area (Å²) in [6.45, 7) is 4.38. The zero-order chi connectivity index (χ0) is 18.9. The van der Waals surface area contributed by atoms with E-state index in [-0.39, 0.29) is 11.9 Å². The topological polar surface area (TPSA) is 56.8 Å². The zero-order valence-corrected chi connectivity index (χ0v) is 15.9. The molecule has 0 aromatic heterocycles. The molecule has 5 nitrogen and oxygen atoms in total. The van der Waals surface area contributed by atoms with E-state index >= 15 is 0 Å². The van der Waals surface area contributed by atoms with Crippen molar-refractivity contribution >= 4 is 5.91 Å². The first-order valence-electron chi connectivity index (χ1n) is 8.72. The van der Waals surface area contributed by atoms with Gasteiger partial charge in [0.15, 0.2) is 11.5 Å². The van der Waals surface area contributed by atoms with E-state index in [0.29, 0.717) is 30.9 Å². The number of carbonyl (C=O) groups excluding carboxylic acids is 1. The van der Waals surface area contributed by atoms with Crippen LogP contribution in [0.3, 0.4) is 0 Å². The van der Waals surface area contributed by atoms with E-state index < -0.39 is 0 Å². The number of nitrogens with one attached hydrogen (secondary N) is 1. The first-order chi connectivity index (χ1) is 12.5. The minimum Gasteiger partial charge on any atom is -0.493 e. The number of methoxy groups -OCH3 is 2. The molecule has 26 heavy (non-hydrogen) atoms. The lowest BCUT2D eigenvalue weighted by Gasteiger charge is -2.16. The van der Waals surface area contributed by atoms with Gasteiger partial charge in [0.25, 0.3) is 0 Å². The third-order valence-corrected chi connectivity index (χ3v) is 4.08. The fraction of sp³-hybridized carbons (Fsp3) is 0.381. The van der Waals surface area contributed by atoms with Gasteiger partial charge in [0.1, 0.15) is 12.4 Å². The van der Waals surface area contributed by atoms with E-state index in [1.54, 1.807) is 14.2 Å². The summed E-state index contributed by atoms with van der Waals surface area (Å²) in [5.41, 5.74) is 2.11. The number of hydrogen-bond acceptors (Lipinski definition) is 4. The van der Waals surface area contributed by atoms with Crippen LogP contribution in [0.2, 0.25) is 0 Å². The number of aryl methyl sites for hydroxylation is 2. The highest BCUT2D eigenvalue weighted by molar-refractivity contribution is 5.76. The van der Waals surface area contributed by atoms with Crippen molar-refractivity contribution in [2.75, 3.05) is 20.8 Å². The van der Waals surface area contributed by atoms with Gasteiger partial charge in [-0.1, -0.05) is 24.3 Å². The Bertz CT molecular complexity index is 730. The number of para-hydroxylation sites is 1. The van der Waals surface area contributed by atoms with Gasteiger partial charge >= 0.3 is 0 Å². The minimum absolute atomic E-state index is 0.000619. The third-order valence-electron chi connectivity index (χ3n) is 4.08. The fourth-order valence-electron chi connectivity index (χ4n) is 2.62. The maximum atomic E-state index is 12.2. The molecule has 1 amide bonds. The number of rotatable bonds is 9. The summed E-state index contributed by atoms with van der Waals surface area (Å²) in [4.78, 5) is 12.2. The van der Waals surface area contributed by atoms with Gasteiger partial charge in [0.05, 0.1) is 20.3 Å². The lowest BCUT2D eigenvalue weighted by Crippen LogP contribution is -2.36. The molecule has 0 fully saturated rings. The Kier molecular flexibility index (Phi) is 7.33. The molecule has 0 bridgehead atoms. The summed E-state index contributed by atoms with van der Waals surface area (Å²) in [6, 6.07) is 13.5. The van der Waals surface area contributed by atoms with E-state index in [9.17, 15) is 4.79 Å². The van der Waals surface area contributed by atoms with Crippen molar-refractivity contribution in [2.45, 2.75) is 32.7 Å². The van der Waals surface area contributed by atoms with Gasteiger partial charge in [-0.2, -0.15) is 0 Å². The Morgan fingerprint density at radius 1 is 1.04 bits per heavy atom. The van der Waals surface area contributed by atoms with Crippen LogP contribution in [-0.2, 0) is 11.2 Å². The van der Waals surface area contributed by atoms with Crippen LogP contribution < -0.4 is 19.5 Å². The summed E-state index contributed by atoms with van der Waals surface area (Å²) in [6.07, 6.45) is 1.04. The highest BCUT2D eigenvalue weighted by Crippen LogP contribution is 2.27. The quantitative estimate of drug-likeness (QED) is 0.746. The predicted molar refractivity (Wildman–Crippen MR) is 102 cm³/mol. The predicted octanol–water partition coefficient (Wildman–Crippen LogP) is 3.53. The fourth-order valence-corrected chi connectivity index (χ4v) is 2.62. The largest absolute Gasteiger partial charge is 0.493 e. The summed E-state index contributed by atoms with van der Waals surface area (Å²) in [5, 5.41) is 2.97. The number of hydrogen-bond donors (Lipinski definition) is 1. The summed E-state index contributed by atoms with van der Waals surface area (Å²) < 4.78 is 16.3. The molecule has 5 heteroatoms. The van der Waals surface area contributed by atoms with Gasteiger partial charge in [-0.3, -0.25) is 4.79 Å². The first-order valence-corrected chi connectivity index (χ1v) is 8.72. The number of benzene rings is 2. The molecule has 1 unspecified atom stereocenters. The second-order valence-electron chi connectivity index (χ2n) is 6.23. The van der Waals surface area contributed by atoms with Crippen LogP contribution in [0.4, 0.5) is 0 Å². The van der Waals surface area contributed by atoms with Crippen molar-refractivity contribution in [1.82, 2.24) is 5.32 Å². The Hall–Kier alpha value is -2.69. The average molecular weight is 357 g/mol. The number of amides is 1. The van der Waals surface area contributed by atoms with Gasteiger partial charge in [0.2, 0.25) is 5.91 Å². The maximum Gasteiger partial charge on any atom is 0.220 e. The van der Waals surface area contributed by atoms with Crippen LogP contribution in [0.5, 0.6) is 17.2 Å². The molecule has 2 aromatic carbocycles. The molecule has 140 valence electrons. The maximum absolute atomic E-state index is 12.2. The molecule has 0 saturated carbocycles. The van der Waals surface area contributed by atoms with Crippen molar-refractivity contribution in [3.63, 3.8) is 0 Å². The van der Waals surface area contributed by atoms with E-state index in [4.69, 9.17) is 14.2 Å². The van der Waals surface area contributed by atoms with Crippen LogP contribution >= 0.6 is 0 Å². The van der Waals surface area contributed by atoms with Gasteiger partial charge < -0.3 is 19.5 Å². The van der Waals surface area contributed by atoms with Gasteiger partial charge in [0, 0.05) is 6.42 Å². The van der Waals surface area contributed by atoms with E-state index in [1.807, 2.05) is 56.3 Å². The van der Waals surface area contributed by atoms with E-state index in [1.165, 1.54) is 0 Å². The Morgan fingerprint density at radius 2 is 1.77 bits per heavy atom. The Labute approximate surface area is 155 Å². The molecule has 0 saturated heterocycles. The molecule has 1 atom stereocenters. The SMILES string of the molecule is COc1ccc(CCC(=O)NC(C)COc2ccccc2C)cc1OC. The minimum atomic E-state index is -0.0625. The smallest absolute Gasteiger partial charge is 0.220 e. The summed E-state index contributed by atoms with van der Waals surface area (Å²) in [5.74, 6) is 2.20. The van der Waals surface area contributed by atoms with E-state index in [2.05, 4.69) is 5.32 Å². The molecule has 0 spiro atoms. The van der Waals surface area contributed by atoms with Crippen LogP contribution in [0, 0.1) is 6.92 Å². The zero-order valence-electron chi connectivity index (χ0n) is 15.9. The normalized spacial score (nSPS) is 11.5. The molecule has 1 N–H and O–H groups in total. The molecular formula is C21H27NO4. The number of ether oxygens (including phenoxy) is 3. The van der Waals surface area contributed by atoms with Crippen LogP contribution in [0.1, 0.15) is 24.5 Å². The van der Waals surface area contributed by atoms with Gasteiger partial charge in [-0.05, 0) is 49.6 Å². The molecule has 0 aliphatic carbocycles. The van der Waals surface area contributed by atoms with E-state index in [0.717, 1.165) is 16.9 Å². The first kappa shape index (κ1) is 19.6. The van der Waals surface area contributed by atoms with Crippen LogP contribution in [0.25, 0.3) is 0 Å². The van der Waals surface area contributed by atoms with Crippen molar-refractivity contribution in [2.24, 2.45) is 0 Å². The summed E-state index contributed by atoms with van der Waals surface area (Å²) >= 11 is 0. The molecule has 0 heterocycles. The monoisotopic (exact) mass is 357 g/mol. The molecule has 0 aliphatic heterocycles. The summed E-state index contributed by atoms with van der Waals surface area (Å²) in [7, 11) is 3.20. The Balaban J connectivity index is 1.78. The molecule has 0 radical (unpaired) electrons. The van der Waals surface area contributed by atoms with Gasteiger partial charge in [-0.25, -0.2) is 0 Å². The standard InChI is InChI=1S/C21H27NO4/c1-15-7-5-6-8-18(15)26-14-16(2)22-21(23)12-10-17-9-11-19(24-3)20(13-17)25-4/h5-9,11,13,16H,10,12,14H2,1-4H3,(H,22,23). The van der Waals surface area contributed by atoms with Crippen molar-refractivity contribution < 1.29 is 19.0 Å². The van der Waals surface area contributed by atoms with Crippen LogP contribution in [-0.4, -0.2) is 32.8 Å². The van der Waals surface area contributed by atoms with Crippen LogP contribution in [0.15, 0.2) is 42.5 Å².